The number of ether oxygens (including phenoxy) is 1. The van der Waals surface area contributed by atoms with Crippen LogP contribution in [0.4, 0.5) is 0 Å². The maximum absolute atomic E-state index is 12.2. The van der Waals surface area contributed by atoms with Gasteiger partial charge in [-0.15, -0.1) is 0 Å². The third-order valence-corrected chi connectivity index (χ3v) is 5.32. The van der Waals surface area contributed by atoms with E-state index in [1.807, 2.05) is 12.1 Å². The molecule has 110 valence electrons. The molecule has 0 saturated carbocycles. The van der Waals surface area contributed by atoms with Gasteiger partial charge in [-0.25, -0.2) is 0 Å². The van der Waals surface area contributed by atoms with Crippen LogP contribution in [0.25, 0.3) is 0 Å². The molecule has 0 unspecified atom stereocenters. The molecule has 0 atom stereocenters. The van der Waals surface area contributed by atoms with Gasteiger partial charge >= 0.3 is 0 Å². The summed E-state index contributed by atoms with van der Waals surface area (Å²) in [5, 5.41) is 0.835. The van der Waals surface area contributed by atoms with Crippen molar-refractivity contribution in [3.63, 3.8) is 0 Å². The van der Waals surface area contributed by atoms with Crippen LogP contribution >= 0.6 is 91.0 Å². The maximum Gasteiger partial charge on any atom is 0.201 e. The average molecular weight is 659 g/mol. The van der Waals surface area contributed by atoms with Gasteiger partial charge in [0.2, 0.25) is 5.78 Å². The van der Waals surface area contributed by atoms with E-state index in [1.165, 1.54) is 0 Å². The zero-order valence-electron chi connectivity index (χ0n) is 10.3. The number of carbonyl (C=O) groups is 1. The van der Waals surface area contributed by atoms with Crippen LogP contribution in [0.1, 0.15) is 10.4 Å². The largest absolute Gasteiger partial charge is 0.483 e. The molecule has 0 amide bonds. The maximum atomic E-state index is 12.2. The number of benzene rings is 2. The molecule has 7 heteroatoms. The predicted molar refractivity (Wildman–Crippen MR) is 111 cm³/mol. The van der Waals surface area contributed by atoms with Crippen molar-refractivity contribution < 1.29 is 9.53 Å². The summed E-state index contributed by atoms with van der Waals surface area (Å²) in [5.74, 6) is 0.539. The highest BCUT2D eigenvalue weighted by Gasteiger charge is 2.14. The van der Waals surface area contributed by atoms with Crippen LogP contribution in [0.5, 0.6) is 5.75 Å². The summed E-state index contributed by atoms with van der Waals surface area (Å²) in [6.07, 6.45) is 0. The van der Waals surface area contributed by atoms with Crippen molar-refractivity contribution >= 4 is 96.8 Å². The zero-order chi connectivity index (χ0) is 15.6. The number of ketones is 1. The molecule has 0 aliphatic carbocycles. The lowest BCUT2D eigenvalue weighted by atomic mass is 10.1. The van der Waals surface area contributed by atoms with Crippen LogP contribution in [0.15, 0.2) is 30.3 Å². The summed E-state index contributed by atoms with van der Waals surface area (Å²) in [6, 6.07) is 8.80. The fraction of sp³-hybridized carbons (Fsp3) is 0.0714. The second-order valence-corrected chi connectivity index (χ2v) is 8.45. The number of halogens is 5. The van der Waals surface area contributed by atoms with E-state index in [1.54, 1.807) is 18.2 Å². The van der Waals surface area contributed by atoms with Gasteiger partial charge in [0.05, 0.1) is 12.2 Å². The van der Waals surface area contributed by atoms with Crippen LogP contribution in [0.2, 0.25) is 10.0 Å². The molecule has 0 spiro atoms. The van der Waals surface area contributed by atoms with Gasteiger partial charge in [-0.1, -0.05) is 23.2 Å². The molecule has 0 heterocycles. The topological polar surface area (TPSA) is 26.3 Å². The highest BCUT2D eigenvalue weighted by atomic mass is 127. The Morgan fingerprint density at radius 1 is 1.05 bits per heavy atom. The van der Waals surface area contributed by atoms with E-state index in [9.17, 15) is 4.79 Å². The molecule has 0 aliphatic heterocycles. The molecule has 2 aromatic rings. The Morgan fingerprint density at radius 3 is 2.24 bits per heavy atom. The van der Waals surface area contributed by atoms with E-state index in [0.717, 1.165) is 16.5 Å². The van der Waals surface area contributed by atoms with E-state index in [2.05, 4.69) is 67.8 Å². The van der Waals surface area contributed by atoms with Crippen molar-refractivity contribution in [2.24, 2.45) is 0 Å². The van der Waals surface area contributed by atoms with Crippen molar-refractivity contribution in [3.8, 4) is 5.75 Å². The molecule has 0 fully saturated rings. The summed E-state index contributed by atoms with van der Waals surface area (Å²) in [4.78, 5) is 12.2. The van der Waals surface area contributed by atoms with Gasteiger partial charge < -0.3 is 4.74 Å². The standard InChI is InChI=1S/C14H7Cl2I3O2/c15-7-1-2-9(10(16)3-7)13(20)6-21-14-11(18)4-8(17)5-12(14)19/h1-5H,6H2. The minimum absolute atomic E-state index is 0.0616. The van der Waals surface area contributed by atoms with Gasteiger partial charge in [-0.2, -0.15) is 0 Å². The van der Waals surface area contributed by atoms with Crippen molar-refractivity contribution in [2.75, 3.05) is 6.61 Å². The monoisotopic (exact) mass is 658 g/mol. The molecule has 2 nitrogen and oxygen atoms in total. The SMILES string of the molecule is O=C(COc1c(I)cc(I)cc1I)c1ccc(Cl)cc1Cl. The third-order valence-electron chi connectivity index (χ3n) is 2.54. The number of Topliss-reactive ketones (excluding diaryl/α,β-unsaturated/α-hetero) is 1. The number of hydrogen-bond acceptors (Lipinski definition) is 2. The van der Waals surface area contributed by atoms with E-state index in [0.29, 0.717) is 15.6 Å². The van der Waals surface area contributed by atoms with Crippen molar-refractivity contribution in [2.45, 2.75) is 0 Å². The highest BCUT2D eigenvalue weighted by Crippen LogP contribution is 2.30. The Labute approximate surface area is 173 Å². The second kappa shape index (κ2) is 7.98. The van der Waals surface area contributed by atoms with Crippen LogP contribution < -0.4 is 4.74 Å². The minimum Gasteiger partial charge on any atom is -0.483 e. The smallest absolute Gasteiger partial charge is 0.201 e. The van der Waals surface area contributed by atoms with Gasteiger partial charge in [0.15, 0.2) is 6.61 Å². The van der Waals surface area contributed by atoms with Gasteiger partial charge in [-0.05, 0) is 98.1 Å². The second-order valence-electron chi connectivity index (χ2n) is 4.03. The molecule has 0 saturated heterocycles. The Morgan fingerprint density at radius 2 is 1.67 bits per heavy atom. The number of carbonyl (C=O) groups excluding carboxylic acids is 1. The normalized spacial score (nSPS) is 10.5. The molecule has 0 aromatic heterocycles. The van der Waals surface area contributed by atoms with Crippen molar-refractivity contribution in [1.29, 1.82) is 0 Å². The predicted octanol–water partition coefficient (Wildman–Crippen LogP) is 6.07. The van der Waals surface area contributed by atoms with Crippen LogP contribution in [-0.4, -0.2) is 12.4 Å². The zero-order valence-corrected chi connectivity index (χ0v) is 18.3. The van der Waals surface area contributed by atoms with Gasteiger partial charge in [0.25, 0.3) is 0 Å². The Hall–Kier alpha value is 0.680. The lowest BCUT2D eigenvalue weighted by molar-refractivity contribution is 0.0920. The number of hydrogen-bond donors (Lipinski definition) is 0. The molecule has 2 aromatic carbocycles. The van der Waals surface area contributed by atoms with Crippen LogP contribution in [0, 0.1) is 10.7 Å². The summed E-state index contributed by atoms with van der Waals surface area (Å²) in [6.45, 7) is -0.0616. The van der Waals surface area contributed by atoms with Gasteiger partial charge in [0, 0.05) is 14.2 Å². The summed E-state index contributed by atoms with van der Waals surface area (Å²) in [5.41, 5.74) is 0.414. The first kappa shape index (κ1) is 18.0. The molecule has 21 heavy (non-hydrogen) atoms. The highest BCUT2D eigenvalue weighted by molar-refractivity contribution is 14.1. The number of rotatable bonds is 4. The van der Waals surface area contributed by atoms with Gasteiger partial charge in [0.1, 0.15) is 5.75 Å². The summed E-state index contributed by atoms with van der Waals surface area (Å²) < 4.78 is 8.73. The first-order chi connectivity index (χ1) is 9.88. The molecule has 0 radical (unpaired) electrons. The average Bonchev–Trinajstić information content (AvgIpc) is 2.36. The molecular formula is C14H7Cl2I3O2. The lowest BCUT2D eigenvalue weighted by Gasteiger charge is -2.11. The van der Waals surface area contributed by atoms with E-state index < -0.39 is 0 Å². The molecule has 0 N–H and O–H groups in total. The van der Waals surface area contributed by atoms with Crippen LogP contribution in [0.3, 0.4) is 0 Å². The third kappa shape index (κ3) is 4.82. The molecule has 0 bridgehead atoms. The lowest BCUT2D eigenvalue weighted by Crippen LogP contribution is -2.13. The van der Waals surface area contributed by atoms with E-state index in [-0.39, 0.29) is 12.4 Å². The fourth-order valence-corrected chi connectivity index (χ4v) is 6.01. The van der Waals surface area contributed by atoms with E-state index >= 15 is 0 Å². The fourth-order valence-electron chi connectivity index (χ4n) is 1.60. The van der Waals surface area contributed by atoms with Crippen molar-refractivity contribution in [3.05, 3.63) is 56.7 Å². The first-order valence-corrected chi connectivity index (χ1v) is 9.63. The Balaban J connectivity index is 2.15. The molecular weight excluding hydrogens is 652 g/mol. The quantitative estimate of drug-likeness (QED) is 0.295. The summed E-state index contributed by atoms with van der Waals surface area (Å²) >= 11 is 18.5. The van der Waals surface area contributed by atoms with E-state index in [4.69, 9.17) is 27.9 Å². The van der Waals surface area contributed by atoms with Gasteiger partial charge in [-0.3, -0.25) is 4.79 Å². The minimum atomic E-state index is -0.179. The van der Waals surface area contributed by atoms with Crippen LogP contribution in [-0.2, 0) is 0 Å². The Bertz CT molecular complexity index is 682. The first-order valence-electron chi connectivity index (χ1n) is 5.64. The summed E-state index contributed by atoms with van der Waals surface area (Å²) in [7, 11) is 0. The van der Waals surface area contributed by atoms with Crippen molar-refractivity contribution in [1.82, 2.24) is 0 Å². The Kier molecular flexibility index (Phi) is 6.85. The molecule has 2 rings (SSSR count). The molecule has 0 aliphatic rings.